The van der Waals surface area contributed by atoms with Crippen molar-refractivity contribution in [1.82, 2.24) is 4.98 Å². The number of H-pyrrole nitrogens is 1. The number of benzene rings is 2. The van der Waals surface area contributed by atoms with Gasteiger partial charge in [-0.1, -0.05) is 12.1 Å². The van der Waals surface area contributed by atoms with Crippen molar-refractivity contribution in [3.63, 3.8) is 0 Å². The normalized spacial score (nSPS) is 11.5. The summed E-state index contributed by atoms with van der Waals surface area (Å²) < 4.78 is 24.8. The number of aromatic amines is 1. The fourth-order valence-corrected chi connectivity index (χ4v) is 3.27. The van der Waals surface area contributed by atoms with Crippen molar-refractivity contribution in [2.45, 2.75) is 13.8 Å². The molecule has 25 heavy (non-hydrogen) atoms. The molecule has 3 aromatic rings. The number of aromatic nitrogens is 1. The van der Waals surface area contributed by atoms with E-state index in [2.05, 4.69) is 15.0 Å². The van der Waals surface area contributed by atoms with Gasteiger partial charge in [-0.2, -0.15) is 0 Å². The van der Waals surface area contributed by atoms with Crippen LogP contribution in [0.3, 0.4) is 0 Å². The average Bonchev–Trinajstić information content (AvgIpc) is 2.83. The van der Waals surface area contributed by atoms with E-state index in [1.807, 2.05) is 26.0 Å². The summed E-state index contributed by atoms with van der Waals surface area (Å²) in [6.07, 6.45) is 1.09. The fourth-order valence-electron chi connectivity index (χ4n) is 2.71. The first-order valence-corrected chi connectivity index (χ1v) is 9.61. The minimum Gasteiger partial charge on any atom is -0.358 e. The minimum atomic E-state index is -3.32. The Bertz CT molecular complexity index is 1050. The number of aryl methyl sites for hydroxylation is 2. The molecule has 0 unspecified atom stereocenters. The van der Waals surface area contributed by atoms with Crippen molar-refractivity contribution in [3.05, 3.63) is 59.3 Å². The van der Waals surface area contributed by atoms with E-state index in [-0.39, 0.29) is 5.91 Å². The van der Waals surface area contributed by atoms with Crippen LogP contribution < -0.4 is 10.0 Å². The van der Waals surface area contributed by atoms with Gasteiger partial charge in [0.1, 0.15) is 0 Å². The number of hydrogen-bond donors (Lipinski definition) is 3. The standard InChI is InChI=1S/C18H19N3O3S/c1-11-12(2)19-17-15(11)5-4-6-16(17)18(22)20-13-7-9-14(10-8-13)21-25(3,23)24/h4-10,19,21H,1-3H3,(H,20,22). The summed E-state index contributed by atoms with van der Waals surface area (Å²) >= 11 is 0. The topological polar surface area (TPSA) is 91.1 Å². The van der Waals surface area contributed by atoms with Crippen molar-refractivity contribution in [2.75, 3.05) is 16.3 Å². The molecule has 0 aliphatic heterocycles. The highest BCUT2D eigenvalue weighted by molar-refractivity contribution is 7.92. The van der Waals surface area contributed by atoms with Crippen LogP contribution in [0.2, 0.25) is 0 Å². The predicted molar refractivity (Wildman–Crippen MR) is 101 cm³/mol. The second-order valence-electron chi connectivity index (χ2n) is 6.01. The Balaban J connectivity index is 1.84. The molecule has 0 bridgehead atoms. The molecule has 1 heterocycles. The van der Waals surface area contributed by atoms with Crippen LogP contribution in [-0.4, -0.2) is 25.6 Å². The van der Waals surface area contributed by atoms with Gasteiger partial charge in [-0.15, -0.1) is 0 Å². The van der Waals surface area contributed by atoms with Gasteiger partial charge in [-0.3, -0.25) is 9.52 Å². The molecule has 0 atom stereocenters. The number of anilines is 2. The summed E-state index contributed by atoms with van der Waals surface area (Å²) in [6.45, 7) is 3.99. The van der Waals surface area contributed by atoms with Crippen LogP contribution in [0.4, 0.5) is 11.4 Å². The summed E-state index contributed by atoms with van der Waals surface area (Å²) in [5.74, 6) is -0.226. The van der Waals surface area contributed by atoms with Gasteiger partial charge in [0.2, 0.25) is 10.0 Å². The minimum absolute atomic E-state index is 0.226. The maximum absolute atomic E-state index is 12.6. The maximum Gasteiger partial charge on any atom is 0.257 e. The third-order valence-electron chi connectivity index (χ3n) is 4.03. The summed E-state index contributed by atoms with van der Waals surface area (Å²) in [4.78, 5) is 15.9. The van der Waals surface area contributed by atoms with E-state index < -0.39 is 10.0 Å². The molecular formula is C18H19N3O3S. The molecule has 1 amide bonds. The lowest BCUT2D eigenvalue weighted by atomic mass is 10.1. The number of amides is 1. The third kappa shape index (κ3) is 3.66. The first kappa shape index (κ1) is 17.0. The van der Waals surface area contributed by atoms with Gasteiger partial charge in [0.05, 0.1) is 17.3 Å². The Morgan fingerprint density at radius 1 is 1.00 bits per heavy atom. The molecule has 2 aromatic carbocycles. The summed E-state index contributed by atoms with van der Waals surface area (Å²) in [6, 6.07) is 12.1. The van der Waals surface area contributed by atoms with Crippen molar-refractivity contribution in [1.29, 1.82) is 0 Å². The summed E-state index contributed by atoms with van der Waals surface area (Å²) in [7, 11) is -3.32. The highest BCUT2D eigenvalue weighted by Crippen LogP contribution is 2.25. The number of carbonyl (C=O) groups excluding carboxylic acids is 1. The number of sulfonamides is 1. The predicted octanol–water partition coefficient (Wildman–Crippen LogP) is 3.41. The molecule has 0 spiro atoms. The van der Waals surface area contributed by atoms with Crippen molar-refractivity contribution < 1.29 is 13.2 Å². The van der Waals surface area contributed by atoms with E-state index in [1.165, 1.54) is 0 Å². The molecular weight excluding hydrogens is 338 g/mol. The first-order chi connectivity index (χ1) is 11.7. The van der Waals surface area contributed by atoms with Gasteiger partial charge in [0.15, 0.2) is 0 Å². The zero-order chi connectivity index (χ0) is 18.2. The van der Waals surface area contributed by atoms with Gasteiger partial charge in [-0.05, 0) is 49.7 Å². The first-order valence-electron chi connectivity index (χ1n) is 7.72. The van der Waals surface area contributed by atoms with Gasteiger partial charge >= 0.3 is 0 Å². The summed E-state index contributed by atoms with van der Waals surface area (Å²) in [5, 5.41) is 3.86. The Kier molecular flexibility index (Phi) is 4.26. The molecule has 130 valence electrons. The number of nitrogens with one attached hydrogen (secondary N) is 3. The Morgan fingerprint density at radius 2 is 1.64 bits per heavy atom. The van der Waals surface area contributed by atoms with E-state index in [1.54, 1.807) is 30.3 Å². The molecule has 7 heteroatoms. The van der Waals surface area contributed by atoms with Crippen molar-refractivity contribution in [2.24, 2.45) is 0 Å². The number of para-hydroxylation sites is 1. The highest BCUT2D eigenvalue weighted by atomic mass is 32.2. The monoisotopic (exact) mass is 357 g/mol. The second-order valence-corrected chi connectivity index (χ2v) is 7.76. The SMILES string of the molecule is Cc1[nH]c2c(C(=O)Nc3ccc(NS(C)(=O)=O)cc3)cccc2c1C. The Morgan fingerprint density at radius 3 is 2.28 bits per heavy atom. The Labute approximate surface area is 146 Å². The Hall–Kier alpha value is -2.80. The number of carbonyl (C=O) groups is 1. The lowest BCUT2D eigenvalue weighted by molar-refractivity contribution is 0.102. The molecule has 0 aliphatic rings. The molecule has 0 saturated heterocycles. The lowest BCUT2D eigenvalue weighted by Gasteiger charge is -2.08. The van der Waals surface area contributed by atoms with Crippen LogP contribution in [0.15, 0.2) is 42.5 Å². The van der Waals surface area contributed by atoms with Crippen LogP contribution in [-0.2, 0) is 10.0 Å². The number of hydrogen-bond acceptors (Lipinski definition) is 3. The molecule has 3 rings (SSSR count). The zero-order valence-electron chi connectivity index (χ0n) is 14.2. The molecule has 6 nitrogen and oxygen atoms in total. The van der Waals surface area contributed by atoms with E-state index in [9.17, 15) is 13.2 Å². The van der Waals surface area contributed by atoms with Crippen LogP contribution in [0, 0.1) is 13.8 Å². The van der Waals surface area contributed by atoms with E-state index in [0.29, 0.717) is 16.9 Å². The largest absolute Gasteiger partial charge is 0.358 e. The van der Waals surface area contributed by atoms with Crippen molar-refractivity contribution in [3.8, 4) is 0 Å². The average molecular weight is 357 g/mol. The van der Waals surface area contributed by atoms with Crippen LogP contribution in [0.25, 0.3) is 10.9 Å². The molecule has 0 aliphatic carbocycles. The van der Waals surface area contributed by atoms with Crippen molar-refractivity contribution >= 4 is 38.2 Å². The van der Waals surface area contributed by atoms with E-state index in [4.69, 9.17) is 0 Å². The molecule has 3 N–H and O–H groups in total. The van der Waals surface area contributed by atoms with E-state index in [0.717, 1.165) is 28.4 Å². The molecule has 0 radical (unpaired) electrons. The summed E-state index contributed by atoms with van der Waals surface area (Å²) in [5.41, 5.74) is 4.56. The van der Waals surface area contributed by atoms with E-state index >= 15 is 0 Å². The fraction of sp³-hybridized carbons (Fsp3) is 0.167. The number of fused-ring (bicyclic) bond motifs is 1. The molecule has 0 saturated carbocycles. The number of rotatable bonds is 4. The quantitative estimate of drug-likeness (QED) is 0.668. The van der Waals surface area contributed by atoms with Crippen LogP contribution >= 0.6 is 0 Å². The van der Waals surface area contributed by atoms with Gasteiger partial charge in [0.25, 0.3) is 5.91 Å². The van der Waals surface area contributed by atoms with Gasteiger partial charge in [0, 0.05) is 22.5 Å². The maximum atomic E-state index is 12.6. The van der Waals surface area contributed by atoms with Gasteiger partial charge < -0.3 is 10.3 Å². The van der Waals surface area contributed by atoms with Crippen LogP contribution in [0.5, 0.6) is 0 Å². The smallest absolute Gasteiger partial charge is 0.257 e. The van der Waals surface area contributed by atoms with Crippen LogP contribution in [0.1, 0.15) is 21.6 Å². The zero-order valence-corrected chi connectivity index (χ0v) is 15.0. The third-order valence-corrected chi connectivity index (χ3v) is 4.64. The highest BCUT2D eigenvalue weighted by Gasteiger charge is 2.14. The molecule has 0 fully saturated rings. The second kappa shape index (κ2) is 6.25. The van der Waals surface area contributed by atoms with Gasteiger partial charge in [-0.25, -0.2) is 8.42 Å². The molecule has 1 aromatic heterocycles. The lowest BCUT2D eigenvalue weighted by Crippen LogP contribution is -2.13.